The number of ether oxygens (including phenoxy) is 1. The Hall–Kier alpha value is -2.04. The molecule has 0 aromatic heterocycles. The highest BCUT2D eigenvalue weighted by molar-refractivity contribution is 5.97. The number of amides is 2. The minimum Gasteiger partial charge on any atom is -0.490 e. The first-order valence-corrected chi connectivity index (χ1v) is 8.48. The quantitative estimate of drug-likeness (QED) is 0.929. The fourth-order valence-corrected chi connectivity index (χ4v) is 3.46. The predicted molar refractivity (Wildman–Crippen MR) is 88.4 cm³/mol. The largest absolute Gasteiger partial charge is 0.490 e. The molecule has 5 nitrogen and oxygen atoms in total. The van der Waals surface area contributed by atoms with Crippen molar-refractivity contribution in [3.63, 3.8) is 0 Å². The van der Waals surface area contributed by atoms with Crippen molar-refractivity contribution in [2.75, 3.05) is 11.9 Å². The van der Waals surface area contributed by atoms with Gasteiger partial charge in [-0.3, -0.25) is 9.59 Å². The third-order valence-electron chi connectivity index (χ3n) is 4.69. The van der Waals surface area contributed by atoms with E-state index < -0.39 is 0 Å². The highest BCUT2D eigenvalue weighted by Gasteiger charge is 2.32. The highest BCUT2D eigenvalue weighted by Crippen LogP contribution is 2.25. The SMILES string of the molecule is CC(=O)N1CCCC1C(=O)Nc1ccc(OC2CCCC2)cc1. The Balaban J connectivity index is 1.57. The van der Waals surface area contributed by atoms with Gasteiger partial charge in [-0.25, -0.2) is 0 Å². The van der Waals surface area contributed by atoms with Gasteiger partial charge < -0.3 is 15.0 Å². The lowest BCUT2D eigenvalue weighted by Gasteiger charge is -2.22. The number of carbonyl (C=O) groups is 2. The van der Waals surface area contributed by atoms with Crippen LogP contribution in [0.1, 0.15) is 45.4 Å². The number of anilines is 1. The second kappa shape index (κ2) is 7.02. The van der Waals surface area contributed by atoms with Gasteiger partial charge in [-0.15, -0.1) is 0 Å². The van der Waals surface area contributed by atoms with E-state index in [0.29, 0.717) is 12.6 Å². The summed E-state index contributed by atoms with van der Waals surface area (Å²) in [4.78, 5) is 25.6. The predicted octanol–water partition coefficient (Wildman–Crippen LogP) is 2.96. The molecule has 23 heavy (non-hydrogen) atoms. The average molecular weight is 316 g/mol. The molecule has 5 heteroatoms. The molecule has 0 radical (unpaired) electrons. The summed E-state index contributed by atoms with van der Waals surface area (Å²) in [7, 11) is 0. The van der Waals surface area contributed by atoms with E-state index in [1.807, 2.05) is 24.3 Å². The smallest absolute Gasteiger partial charge is 0.247 e. The molecule has 1 atom stereocenters. The molecule has 1 N–H and O–H groups in total. The lowest BCUT2D eigenvalue weighted by molar-refractivity contribution is -0.134. The van der Waals surface area contributed by atoms with E-state index in [9.17, 15) is 9.59 Å². The molecule has 1 unspecified atom stereocenters. The minimum atomic E-state index is -0.345. The molecule has 2 amide bonds. The van der Waals surface area contributed by atoms with Gasteiger partial charge in [0.05, 0.1) is 6.10 Å². The van der Waals surface area contributed by atoms with Gasteiger partial charge in [0.25, 0.3) is 0 Å². The molecular formula is C18H24N2O3. The van der Waals surface area contributed by atoms with Crippen molar-refractivity contribution in [3.05, 3.63) is 24.3 Å². The van der Waals surface area contributed by atoms with Gasteiger partial charge in [0.1, 0.15) is 11.8 Å². The zero-order chi connectivity index (χ0) is 16.2. The third-order valence-corrected chi connectivity index (χ3v) is 4.69. The molecule has 124 valence electrons. The maximum absolute atomic E-state index is 12.4. The second-order valence-corrected chi connectivity index (χ2v) is 6.41. The van der Waals surface area contributed by atoms with Crippen molar-refractivity contribution in [3.8, 4) is 5.75 Å². The van der Waals surface area contributed by atoms with Gasteiger partial charge in [-0.05, 0) is 62.8 Å². The van der Waals surface area contributed by atoms with Crippen molar-refractivity contribution < 1.29 is 14.3 Å². The summed E-state index contributed by atoms with van der Waals surface area (Å²) in [6.07, 6.45) is 6.68. The van der Waals surface area contributed by atoms with Crippen LogP contribution in [0.3, 0.4) is 0 Å². The van der Waals surface area contributed by atoms with Crippen LogP contribution in [-0.2, 0) is 9.59 Å². The summed E-state index contributed by atoms with van der Waals surface area (Å²) in [5, 5.41) is 2.90. The maximum Gasteiger partial charge on any atom is 0.247 e. The summed E-state index contributed by atoms with van der Waals surface area (Å²) in [5.41, 5.74) is 0.740. The fraction of sp³-hybridized carbons (Fsp3) is 0.556. The van der Waals surface area contributed by atoms with Crippen molar-refractivity contribution in [1.29, 1.82) is 0 Å². The van der Waals surface area contributed by atoms with Gasteiger partial charge in [0.2, 0.25) is 11.8 Å². The Bertz CT molecular complexity index is 564. The number of hydrogen-bond donors (Lipinski definition) is 1. The molecule has 1 saturated heterocycles. The molecule has 1 heterocycles. The number of benzene rings is 1. The van der Waals surface area contributed by atoms with Crippen LogP contribution in [0.25, 0.3) is 0 Å². The average Bonchev–Trinajstić information content (AvgIpc) is 3.20. The molecule has 3 rings (SSSR count). The van der Waals surface area contributed by atoms with Crippen molar-refractivity contribution >= 4 is 17.5 Å². The number of rotatable bonds is 4. The first-order valence-electron chi connectivity index (χ1n) is 8.48. The molecular weight excluding hydrogens is 292 g/mol. The lowest BCUT2D eigenvalue weighted by Crippen LogP contribution is -2.42. The van der Waals surface area contributed by atoms with Crippen molar-refractivity contribution in [2.45, 2.75) is 57.6 Å². The van der Waals surface area contributed by atoms with E-state index in [-0.39, 0.29) is 17.9 Å². The highest BCUT2D eigenvalue weighted by atomic mass is 16.5. The van der Waals surface area contributed by atoms with E-state index in [0.717, 1.165) is 37.1 Å². The standard InChI is InChI=1S/C18H24N2O3/c1-13(21)20-12-4-7-17(20)18(22)19-14-8-10-16(11-9-14)23-15-5-2-3-6-15/h8-11,15,17H,2-7,12H2,1H3,(H,19,22). The van der Waals surface area contributed by atoms with Gasteiger partial charge in [0.15, 0.2) is 0 Å². The third kappa shape index (κ3) is 3.84. The zero-order valence-electron chi connectivity index (χ0n) is 13.6. The summed E-state index contributed by atoms with van der Waals surface area (Å²) >= 11 is 0. The second-order valence-electron chi connectivity index (χ2n) is 6.41. The number of likely N-dealkylation sites (tertiary alicyclic amines) is 1. The molecule has 0 bridgehead atoms. The Kier molecular flexibility index (Phi) is 4.84. The van der Waals surface area contributed by atoms with Crippen LogP contribution in [0.2, 0.25) is 0 Å². The summed E-state index contributed by atoms with van der Waals surface area (Å²) in [6.45, 7) is 2.18. The summed E-state index contributed by atoms with van der Waals surface area (Å²) in [5.74, 6) is 0.700. The van der Waals surface area contributed by atoms with E-state index in [2.05, 4.69) is 5.32 Å². The van der Waals surface area contributed by atoms with Gasteiger partial charge in [-0.1, -0.05) is 0 Å². The summed E-state index contributed by atoms with van der Waals surface area (Å²) < 4.78 is 5.92. The van der Waals surface area contributed by atoms with Crippen LogP contribution in [0.4, 0.5) is 5.69 Å². The van der Waals surface area contributed by atoms with Crippen LogP contribution >= 0.6 is 0 Å². The minimum absolute atomic E-state index is 0.0389. The van der Waals surface area contributed by atoms with Gasteiger partial charge in [0, 0.05) is 19.2 Å². The van der Waals surface area contributed by atoms with E-state index in [1.54, 1.807) is 4.90 Å². The summed E-state index contributed by atoms with van der Waals surface area (Å²) in [6, 6.07) is 7.16. The zero-order valence-corrected chi connectivity index (χ0v) is 13.6. The lowest BCUT2D eigenvalue weighted by atomic mass is 10.2. The molecule has 1 aromatic rings. The Morgan fingerprint density at radius 3 is 2.43 bits per heavy atom. The molecule has 1 saturated carbocycles. The first-order chi connectivity index (χ1) is 11.1. The van der Waals surface area contributed by atoms with E-state index in [1.165, 1.54) is 19.8 Å². The molecule has 0 spiro atoms. The number of nitrogens with zero attached hydrogens (tertiary/aromatic N) is 1. The Labute approximate surface area is 137 Å². The van der Waals surface area contributed by atoms with Crippen LogP contribution < -0.4 is 10.1 Å². The molecule has 1 aliphatic heterocycles. The normalized spacial score (nSPS) is 21.4. The molecule has 2 aliphatic rings. The van der Waals surface area contributed by atoms with E-state index in [4.69, 9.17) is 4.74 Å². The van der Waals surface area contributed by atoms with Crippen LogP contribution in [-0.4, -0.2) is 35.4 Å². The monoisotopic (exact) mass is 316 g/mol. The molecule has 2 fully saturated rings. The molecule has 1 aromatic carbocycles. The van der Waals surface area contributed by atoms with Crippen LogP contribution in [0.5, 0.6) is 5.75 Å². The Morgan fingerprint density at radius 1 is 1.09 bits per heavy atom. The fourth-order valence-electron chi connectivity index (χ4n) is 3.46. The Morgan fingerprint density at radius 2 is 1.78 bits per heavy atom. The first kappa shape index (κ1) is 15.8. The van der Waals surface area contributed by atoms with E-state index >= 15 is 0 Å². The van der Waals surface area contributed by atoms with Gasteiger partial charge in [-0.2, -0.15) is 0 Å². The number of nitrogens with one attached hydrogen (secondary N) is 1. The van der Waals surface area contributed by atoms with Crippen molar-refractivity contribution in [2.24, 2.45) is 0 Å². The number of hydrogen-bond acceptors (Lipinski definition) is 3. The van der Waals surface area contributed by atoms with Crippen LogP contribution in [0.15, 0.2) is 24.3 Å². The van der Waals surface area contributed by atoms with Crippen molar-refractivity contribution in [1.82, 2.24) is 4.90 Å². The van der Waals surface area contributed by atoms with Gasteiger partial charge >= 0.3 is 0 Å². The molecule has 1 aliphatic carbocycles. The topological polar surface area (TPSA) is 58.6 Å². The maximum atomic E-state index is 12.4. The number of carbonyl (C=O) groups excluding carboxylic acids is 2. The van der Waals surface area contributed by atoms with Crippen LogP contribution in [0, 0.1) is 0 Å².